The average molecular weight is 485 g/mol. The van der Waals surface area contributed by atoms with Gasteiger partial charge in [-0.15, -0.1) is 0 Å². The molecule has 0 aliphatic carbocycles. The zero-order chi connectivity index (χ0) is 25.3. The second-order valence-electron chi connectivity index (χ2n) is 7.66. The van der Waals surface area contributed by atoms with Crippen LogP contribution in [0.1, 0.15) is 11.1 Å². The summed E-state index contributed by atoms with van der Waals surface area (Å²) in [6.45, 7) is 0. The van der Waals surface area contributed by atoms with E-state index in [1.165, 1.54) is 12.1 Å². The number of hydrogen-bond donors (Lipinski definition) is 4. The highest BCUT2D eigenvalue weighted by molar-refractivity contribution is 5.88. The third-order valence-corrected chi connectivity index (χ3v) is 5.20. The van der Waals surface area contributed by atoms with Crippen molar-refractivity contribution in [2.24, 2.45) is 0 Å². The van der Waals surface area contributed by atoms with Crippen LogP contribution >= 0.6 is 0 Å². The van der Waals surface area contributed by atoms with Gasteiger partial charge in [-0.2, -0.15) is 0 Å². The number of benzene rings is 2. The van der Waals surface area contributed by atoms with Gasteiger partial charge in [0.05, 0.1) is 0 Å². The van der Waals surface area contributed by atoms with Crippen LogP contribution in [0, 0.1) is 0 Å². The molecule has 2 atom stereocenters. The van der Waals surface area contributed by atoms with Gasteiger partial charge < -0.3 is 30.3 Å². The van der Waals surface area contributed by atoms with Crippen LogP contribution in [0.3, 0.4) is 0 Å². The van der Waals surface area contributed by atoms with Crippen molar-refractivity contribution in [3.8, 4) is 11.5 Å². The number of aliphatic hydroxyl groups is 2. The maximum Gasteiger partial charge on any atom is 0.343 e. The number of esters is 2. The molecule has 0 amide bonds. The molecule has 2 aromatic rings. The fourth-order valence-corrected chi connectivity index (χ4v) is 3.40. The summed E-state index contributed by atoms with van der Waals surface area (Å²) in [6.07, 6.45) is 13.5. The Bertz CT molecular complexity index is 1220. The number of ether oxygens (including phenoxy) is 2. The Morgan fingerprint density at radius 3 is 1.47 bits per heavy atom. The van der Waals surface area contributed by atoms with Crippen molar-refractivity contribution in [1.82, 2.24) is 10.6 Å². The highest BCUT2D eigenvalue weighted by atomic mass is 16.6. The summed E-state index contributed by atoms with van der Waals surface area (Å²) in [7, 11) is 0. The SMILES string of the molecule is O=C(Oc1ccccc1C1=CC=CC=CN1)C(O)C(O)C(=O)Oc1ccccc1C1=CC=CC=CN1. The van der Waals surface area contributed by atoms with E-state index in [1.54, 1.807) is 73.1 Å². The van der Waals surface area contributed by atoms with Crippen molar-refractivity contribution in [3.05, 3.63) is 121 Å². The first kappa shape index (κ1) is 24.5. The van der Waals surface area contributed by atoms with Crippen molar-refractivity contribution in [3.63, 3.8) is 0 Å². The molecule has 0 fully saturated rings. The first-order valence-electron chi connectivity index (χ1n) is 11.1. The summed E-state index contributed by atoms with van der Waals surface area (Å²) < 4.78 is 10.7. The second kappa shape index (κ2) is 11.7. The molecule has 8 nitrogen and oxygen atoms in total. The molecule has 0 saturated carbocycles. The molecule has 36 heavy (non-hydrogen) atoms. The quantitative estimate of drug-likeness (QED) is 0.350. The van der Waals surface area contributed by atoms with Crippen molar-refractivity contribution in [2.45, 2.75) is 12.2 Å². The zero-order valence-corrected chi connectivity index (χ0v) is 19.1. The minimum Gasteiger partial charge on any atom is -0.424 e. The van der Waals surface area contributed by atoms with Crippen LogP contribution in [0.5, 0.6) is 11.5 Å². The van der Waals surface area contributed by atoms with E-state index >= 15 is 0 Å². The predicted octanol–water partition coefficient (Wildman–Crippen LogP) is 2.95. The van der Waals surface area contributed by atoms with Crippen molar-refractivity contribution in [1.29, 1.82) is 0 Å². The summed E-state index contributed by atoms with van der Waals surface area (Å²) >= 11 is 0. The topological polar surface area (TPSA) is 117 Å². The van der Waals surface area contributed by atoms with Gasteiger partial charge in [0.25, 0.3) is 0 Å². The Hall–Kier alpha value is -4.66. The molecular formula is C28H24N2O6. The van der Waals surface area contributed by atoms with Gasteiger partial charge in [-0.1, -0.05) is 48.6 Å². The lowest BCUT2D eigenvalue weighted by Gasteiger charge is -2.18. The third-order valence-electron chi connectivity index (χ3n) is 5.20. The summed E-state index contributed by atoms with van der Waals surface area (Å²) in [5.41, 5.74) is 2.40. The van der Waals surface area contributed by atoms with Gasteiger partial charge in [0, 0.05) is 34.9 Å². The fraction of sp³-hybridized carbons (Fsp3) is 0.0714. The van der Waals surface area contributed by atoms with E-state index in [4.69, 9.17) is 9.47 Å². The van der Waals surface area contributed by atoms with Gasteiger partial charge in [0.1, 0.15) is 11.5 Å². The number of carbonyl (C=O) groups is 2. The number of nitrogens with one attached hydrogen (secondary N) is 2. The molecule has 0 bridgehead atoms. The first-order chi connectivity index (χ1) is 17.5. The van der Waals surface area contributed by atoms with Crippen LogP contribution in [0.25, 0.3) is 11.4 Å². The molecule has 182 valence electrons. The van der Waals surface area contributed by atoms with Crippen LogP contribution in [0.15, 0.2) is 110 Å². The molecule has 0 spiro atoms. The molecule has 2 aliphatic heterocycles. The lowest BCUT2D eigenvalue weighted by Crippen LogP contribution is -2.44. The van der Waals surface area contributed by atoms with E-state index in [0.717, 1.165) is 0 Å². The van der Waals surface area contributed by atoms with Crippen molar-refractivity contribution >= 4 is 23.3 Å². The normalized spacial score (nSPS) is 15.8. The maximum absolute atomic E-state index is 12.6. The van der Waals surface area contributed by atoms with Crippen LogP contribution in [-0.2, 0) is 9.59 Å². The Labute approximate surface area is 207 Å². The lowest BCUT2D eigenvalue weighted by atomic mass is 10.1. The number of allylic oxidation sites excluding steroid dienone is 8. The highest BCUT2D eigenvalue weighted by Gasteiger charge is 2.34. The standard InChI is InChI=1S/C28H24N2O6/c31-25(27(33)35-23-15-7-5-11-19(23)21-13-3-1-9-17-29-21)26(32)28(34)36-24-16-8-6-12-20(24)22-14-4-2-10-18-30-22/h1-18,25-26,29-32H. The van der Waals surface area contributed by atoms with E-state index in [0.29, 0.717) is 22.5 Å². The largest absolute Gasteiger partial charge is 0.424 e. The first-order valence-corrected chi connectivity index (χ1v) is 11.1. The number of hydrogen-bond acceptors (Lipinski definition) is 8. The van der Waals surface area contributed by atoms with Gasteiger partial charge in [-0.05, 0) is 48.6 Å². The third kappa shape index (κ3) is 5.87. The van der Waals surface area contributed by atoms with Crippen LogP contribution < -0.4 is 20.1 Å². The maximum atomic E-state index is 12.6. The van der Waals surface area contributed by atoms with Gasteiger partial charge in [-0.3, -0.25) is 0 Å². The molecule has 2 unspecified atom stereocenters. The summed E-state index contributed by atoms with van der Waals surface area (Å²) in [5, 5.41) is 26.9. The van der Waals surface area contributed by atoms with Crippen molar-refractivity contribution in [2.75, 3.05) is 0 Å². The molecule has 8 heteroatoms. The van der Waals surface area contributed by atoms with E-state index in [2.05, 4.69) is 10.6 Å². The van der Waals surface area contributed by atoms with E-state index in [-0.39, 0.29) is 11.5 Å². The van der Waals surface area contributed by atoms with E-state index in [9.17, 15) is 19.8 Å². The molecule has 2 aromatic carbocycles. The molecule has 0 saturated heterocycles. The van der Waals surface area contributed by atoms with E-state index < -0.39 is 24.1 Å². The Balaban J connectivity index is 1.46. The van der Waals surface area contributed by atoms with Crippen LogP contribution in [0.2, 0.25) is 0 Å². The smallest absolute Gasteiger partial charge is 0.343 e. The number of para-hydroxylation sites is 2. The molecule has 2 heterocycles. The Morgan fingerprint density at radius 2 is 1.03 bits per heavy atom. The van der Waals surface area contributed by atoms with E-state index in [1.807, 2.05) is 24.3 Å². The molecule has 4 N–H and O–H groups in total. The van der Waals surface area contributed by atoms with Crippen LogP contribution in [0.4, 0.5) is 0 Å². The zero-order valence-electron chi connectivity index (χ0n) is 19.1. The minimum absolute atomic E-state index is 0.141. The summed E-state index contributed by atoms with van der Waals surface area (Å²) in [6, 6.07) is 13.4. The average Bonchev–Trinajstić information content (AvgIpc) is 3.34. The summed E-state index contributed by atoms with van der Waals surface area (Å²) in [4.78, 5) is 25.2. The molecule has 0 radical (unpaired) electrons. The molecule has 0 aromatic heterocycles. The summed E-state index contributed by atoms with van der Waals surface area (Å²) in [5.74, 6) is -2.13. The Kier molecular flexibility index (Phi) is 7.92. The predicted molar refractivity (Wildman–Crippen MR) is 135 cm³/mol. The fourth-order valence-electron chi connectivity index (χ4n) is 3.40. The number of aliphatic hydroxyl groups excluding tert-OH is 2. The number of carbonyl (C=O) groups excluding carboxylic acids is 2. The second-order valence-corrected chi connectivity index (χ2v) is 7.66. The lowest BCUT2D eigenvalue weighted by molar-refractivity contribution is -0.162. The van der Waals surface area contributed by atoms with Crippen molar-refractivity contribution < 1.29 is 29.3 Å². The molecule has 4 rings (SSSR count). The Morgan fingerprint density at radius 1 is 0.611 bits per heavy atom. The minimum atomic E-state index is -2.17. The van der Waals surface area contributed by atoms with Gasteiger partial charge in [0.15, 0.2) is 12.2 Å². The number of rotatable bonds is 7. The van der Waals surface area contributed by atoms with Crippen LogP contribution in [-0.4, -0.2) is 34.4 Å². The molecular weight excluding hydrogens is 460 g/mol. The molecule has 2 aliphatic rings. The van der Waals surface area contributed by atoms with Gasteiger partial charge >= 0.3 is 11.9 Å². The van der Waals surface area contributed by atoms with Gasteiger partial charge in [0.2, 0.25) is 0 Å². The highest BCUT2D eigenvalue weighted by Crippen LogP contribution is 2.27. The monoisotopic (exact) mass is 484 g/mol. The van der Waals surface area contributed by atoms with Gasteiger partial charge in [-0.25, -0.2) is 9.59 Å².